The van der Waals surface area contributed by atoms with Crippen LogP contribution in [-0.2, 0) is 4.79 Å². The highest BCUT2D eigenvalue weighted by Gasteiger charge is 2.33. The third kappa shape index (κ3) is 3.24. The molecule has 1 amide bonds. The van der Waals surface area contributed by atoms with Crippen LogP contribution in [0.3, 0.4) is 0 Å². The Morgan fingerprint density at radius 3 is 2.81 bits per heavy atom. The number of likely N-dealkylation sites (tertiary alicyclic amines) is 1. The second-order valence-electron chi connectivity index (χ2n) is 6.15. The molecule has 1 N–H and O–H groups in total. The highest BCUT2D eigenvalue weighted by atomic mass is 19.1. The first-order valence-corrected chi connectivity index (χ1v) is 7.60. The van der Waals surface area contributed by atoms with Crippen molar-refractivity contribution in [3.05, 3.63) is 35.6 Å². The van der Waals surface area contributed by atoms with Gasteiger partial charge in [0, 0.05) is 13.1 Å². The van der Waals surface area contributed by atoms with Crippen molar-refractivity contribution in [1.29, 1.82) is 0 Å². The molecular formula is C16H22FN3O. The summed E-state index contributed by atoms with van der Waals surface area (Å²) in [6.45, 7) is 3.33. The Balaban J connectivity index is 1.71. The van der Waals surface area contributed by atoms with Crippen molar-refractivity contribution in [3.63, 3.8) is 0 Å². The van der Waals surface area contributed by atoms with Gasteiger partial charge in [-0.2, -0.15) is 0 Å². The maximum atomic E-state index is 13.1. The summed E-state index contributed by atoms with van der Waals surface area (Å²) in [6.07, 6.45) is 2.24. The zero-order chi connectivity index (χ0) is 14.8. The number of nitrogens with zero attached hydrogens (tertiary/aromatic N) is 2. The molecule has 0 radical (unpaired) electrons. The molecule has 2 atom stereocenters. The molecule has 21 heavy (non-hydrogen) atoms. The number of piperidine rings is 1. The molecule has 2 heterocycles. The van der Waals surface area contributed by atoms with Crippen LogP contribution in [0.25, 0.3) is 0 Å². The van der Waals surface area contributed by atoms with Crippen LogP contribution in [-0.4, -0.2) is 48.9 Å². The van der Waals surface area contributed by atoms with Gasteiger partial charge in [-0.05, 0) is 50.0 Å². The number of hydrogen-bond acceptors (Lipinski definition) is 3. The van der Waals surface area contributed by atoms with Crippen LogP contribution >= 0.6 is 0 Å². The number of halogens is 1. The summed E-state index contributed by atoms with van der Waals surface area (Å²) in [7, 11) is 2.13. The number of carbonyl (C=O) groups excluding carboxylic acids is 1. The van der Waals surface area contributed by atoms with Gasteiger partial charge in [-0.15, -0.1) is 0 Å². The fourth-order valence-corrected chi connectivity index (χ4v) is 3.39. The lowest BCUT2D eigenvalue weighted by Crippen LogP contribution is -2.41. The van der Waals surface area contributed by atoms with Gasteiger partial charge in [0.2, 0.25) is 5.91 Å². The van der Waals surface area contributed by atoms with E-state index in [4.69, 9.17) is 0 Å². The normalized spacial score (nSPS) is 27.3. The molecule has 3 rings (SSSR count). The zero-order valence-corrected chi connectivity index (χ0v) is 12.4. The second kappa shape index (κ2) is 6.12. The Bertz CT molecular complexity index is 505. The van der Waals surface area contributed by atoms with Crippen molar-refractivity contribution < 1.29 is 9.18 Å². The molecule has 5 heteroatoms. The van der Waals surface area contributed by atoms with Crippen LogP contribution < -0.4 is 5.32 Å². The lowest BCUT2D eigenvalue weighted by molar-refractivity contribution is -0.128. The minimum absolute atomic E-state index is 0.120. The minimum atomic E-state index is -0.247. The van der Waals surface area contributed by atoms with Crippen LogP contribution in [0.2, 0.25) is 0 Å². The van der Waals surface area contributed by atoms with Crippen LogP contribution in [0.15, 0.2) is 24.3 Å². The van der Waals surface area contributed by atoms with E-state index in [-0.39, 0.29) is 17.9 Å². The number of carbonyl (C=O) groups is 1. The Morgan fingerprint density at radius 1 is 1.33 bits per heavy atom. The molecule has 2 fully saturated rings. The van der Waals surface area contributed by atoms with Gasteiger partial charge in [-0.3, -0.25) is 10.1 Å². The van der Waals surface area contributed by atoms with Gasteiger partial charge in [0.15, 0.2) is 0 Å². The molecule has 0 saturated carbocycles. The van der Waals surface area contributed by atoms with Gasteiger partial charge in [0.1, 0.15) is 12.0 Å². The van der Waals surface area contributed by atoms with Crippen molar-refractivity contribution >= 4 is 5.91 Å². The van der Waals surface area contributed by atoms with E-state index < -0.39 is 0 Å². The lowest BCUT2D eigenvalue weighted by atomic mass is 9.97. The maximum absolute atomic E-state index is 13.1. The zero-order valence-electron chi connectivity index (χ0n) is 12.4. The van der Waals surface area contributed by atoms with Crippen molar-refractivity contribution in [2.45, 2.75) is 19.0 Å². The molecule has 2 unspecified atom stereocenters. The van der Waals surface area contributed by atoms with Gasteiger partial charge < -0.3 is 9.80 Å². The highest BCUT2D eigenvalue weighted by molar-refractivity contribution is 5.81. The van der Waals surface area contributed by atoms with E-state index in [9.17, 15) is 9.18 Å². The van der Waals surface area contributed by atoms with Gasteiger partial charge >= 0.3 is 0 Å². The molecule has 4 nitrogen and oxygen atoms in total. The number of nitrogens with one attached hydrogen (secondary N) is 1. The number of amides is 1. The van der Waals surface area contributed by atoms with Crippen molar-refractivity contribution in [1.82, 2.24) is 15.1 Å². The van der Waals surface area contributed by atoms with Gasteiger partial charge in [0.25, 0.3) is 0 Å². The molecule has 0 aromatic heterocycles. The fourth-order valence-electron chi connectivity index (χ4n) is 3.39. The van der Waals surface area contributed by atoms with E-state index in [0.29, 0.717) is 12.5 Å². The van der Waals surface area contributed by atoms with Crippen molar-refractivity contribution in [3.8, 4) is 0 Å². The highest BCUT2D eigenvalue weighted by Crippen LogP contribution is 2.26. The van der Waals surface area contributed by atoms with Crippen molar-refractivity contribution in [2.24, 2.45) is 5.92 Å². The summed E-state index contributed by atoms with van der Waals surface area (Å²) in [5.74, 6) is 0.414. The van der Waals surface area contributed by atoms with E-state index in [2.05, 4.69) is 17.3 Å². The summed E-state index contributed by atoms with van der Waals surface area (Å²) in [5, 5.41) is 3.23. The molecule has 1 aromatic carbocycles. The first-order valence-electron chi connectivity index (χ1n) is 7.60. The molecule has 0 aliphatic carbocycles. The Hall–Kier alpha value is -1.46. The summed E-state index contributed by atoms with van der Waals surface area (Å²) in [5.41, 5.74) is 0.950. The third-order valence-corrected chi connectivity index (χ3v) is 4.44. The van der Waals surface area contributed by atoms with Gasteiger partial charge in [-0.1, -0.05) is 12.1 Å². The lowest BCUT2D eigenvalue weighted by Gasteiger charge is -2.34. The van der Waals surface area contributed by atoms with Gasteiger partial charge in [-0.25, -0.2) is 4.39 Å². The second-order valence-corrected chi connectivity index (χ2v) is 6.15. The van der Waals surface area contributed by atoms with Crippen LogP contribution in [0.1, 0.15) is 24.6 Å². The quantitative estimate of drug-likeness (QED) is 0.919. The van der Waals surface area contributed by atoms with E-state index in [1.165, 1.54) is 25.0 Å². The third-order valence-electron chi connectivity index (χ3n) is 4.44. The topological polar surface area (TPSA) is 35.6 Å². The van der Waals surface area contributed by atoms with Crippen molar-refractivity contribution in [2.75, 3.05) is 33.2 Å². The van der Waals surface area contributed by atoms with Crippen LogP contribution in [0, 0.1) is 11.7 Å². The predicted molar refractivity (Wildman–Crippen MR) is 79.1 cm³/mol. The van der Waals surface area contributed by atoms with E-state index in [0.717, 1.165) is 25.2 Å². The summed E-state index contributed by atoms with van der Waals surface area (Å²) >= 11 is 0. The monoisotopic (exact) mass is 291 g/mol. The first-order chi connectivity index (χ1) is 10.1. The molecule has 1 aromatic rings. The average molecular weight is 291 g/mol. The van der Waals surface area contributed by atoms with E-state index in [1.807, 2.05) is 4.90 Å². The van der Waals surface area contributed by atoms with E-state index >= 15 is 0 Å². The Labute approximate surface area is 124 Å². The largest absolute Gasteiger partial charge is 0.321 e. The Morgan fingerprint density at radius 2 is 2.10 bits per heavy atom. The summed E-state index contributed by atoms with van der Waals surface area (Å²) < 4.78 is 13.1. The summed E-state index contributed by atoms with van der Waals surface area (Å²) in [6, 6.07) is 6.41. The smallest absolute Gasteiger partial charge is 0.238 e. The van der Waals surface area contributed by atoms with Crippen LogP contribution in [0.4, 0.5) is 4.39 Å². The summed E-state index contributed by atoms with van der Waals surface area (Å²) in [4.78, 5) is 16.4. The Kier molecular flexibility index (Phi) is 4.22. The number of rotatable bonds is 3. The molecule has 2 aliphatic heterocycles. The molecule has 114 valence electrons. The van der Waals surface area contributed by atoms with Crippen LogP contribution in [0.5, 0.6) is 0 Å². The SMILES string of the molecule is CN1CCCC(CN2C(=O)CNC2c2ccc(F)cc2)C1. The molecule has 0 bridgehead atoms. The average Bonchev–Trinajstić information content (AvgIpc) is 2.81. The van der Waals surface area contributed by atoms with Gasteiger partial charge in [0.05, 0.1) is 6.54 Å². The fraction of sp³-hybridized carbons (Fsp3) is 0.562. The standard InChI is InChI=1S/C16H22FN3O/c1-19-8-2-3-12(10-19)11-20-15(21)9-18-16(20)13-4-6-14(17)7-5-13/h4-7,12,16,18H,2-3,8-11H2,1H3. The first kappa shape index (κ1) is 14.5. The predicted octanol–water partition coefficient (Wildman–Crippen LogP) is 1.60. The maximum Gasteiger partial charge on any atom is 0.238 e. The minimum Gasteiger partial charge on any atom is -0.321 e. The number of hydrogen-bond donors (Lipinski definition) is 1. The molecular weight excluding hydrogens is 269 g/mol. The van der Waals surface area contributed by atoms with E-state index in [1.54, 1.807) is 12.1 Å². The number of benzene rings is 1. The molecule has 0 spiro atoms. The molecule has 2 aliphatic rings. The molecule has 2 saturated heterocycles.